The summed E-state index contributed by atoms with van der Waals surface area (Å²) in [6, 6.07) is -0.104. The lowest BCUT2D eigenvalue weighted by Gasteiger charge is -2.31. The Hall–Kier alpha value is -0.340. The largest absolute Gasteiger partial charge is 0.394 e. The first-order valence-corrected chi connectivity index (χ1v) is 6.65. The van der Waals surface area contributed by atoms with Crippen molar-refractivity contribution >= 4 is 16.9 Å². The van der Waals surface area contributed by atoms with Gasteiger partial charge >= 0.3 is 0 Å². The highest BCUT2D eigenvalue weighted by Crippen LogP contribution is 2.18. The van der Waals surface area contributed by atoms with Crippen LogP contribution in [0, 0.1) is 0 Å². The Kier molecular flexibility index (Phi) is 6.21. The predicted octanol–water partition coefficient (Wildman–Crippen LogP) is -0.291. The Balaban J connectivity index is 2.59. The molecular formula is C10H20N2O4S. The van der Waals surface area contributed by atoms with Crippen molar-refractivity contribution in [3.8, 4) is 0 Å². The van der Waals surface area contributed by atoms with Gasteiger partial charge in [-0.3, -0.25) is 9.83 Å². The molecule has 100 valence electrons. The van der Waals surface area contributed by atoms with Gasteiger partial charge in [-0.2, -0.15) is 0 Å². The number of rotatable bonds is 3. The standard InChI is InChI=1S/C10H20N2O4S/c1-12(15-2)10(17-3)11-7-4-8(14)9(5-13)16-6-7/h7-9,13-14H,4-6H2,1-3H3/t7-,8+,9?/m1/s1. The van der Waals surface area contributed by atoms with Crippen LogP contribution < -0.4 is 0 Å². The van der Waals surface area contributed by atoms with E-state index in [4.69, 9.17) is 14.7 Å². The van der Waals surface area contributed by atoms with Gasteiger partial charge in [0.25, 0.3) is 0 Å². The van der Waals surface area contributed by atoms with Crippen LogP contribution in [-0.4, -0.2) is 72.3 Å². The third-order valence-electron chi connectivity index (χ3n) is 2.64. The van der Waals surface area contributed by atoms with Gasteiger partial charge in [0.2, 0.25) is 0 Å². The van der Waals surface area contributed by atoms with Crippen LogP contribution in [0.5, 0.6) is 0 Å². The van der Waals surface area contributed by atoms with Crippen molar-refractivity contribution in [2.45, 2.75) is 24.7 Å². The zero-order valence-electron chi connectivity index (χ0n) is 10.4. The Morgan fingerprint density at radius 1 is 1.65 bits per heavy atom. The van der Waals surface area contributed by atoms with Crippen molar-refractivity contribution in [3.63, 3.8) is 0 Å². The summed E-state index contributed by atoms with van der Waals surface area (Å²) in [5.74, 6) is 0. The van der Waals surface area contributed by atoms with Crippen LogP contribution in [0.15, 0.2) is 4.99 Å². The topological polar surface area (TPSA) is 74.5 Å². The van der Waals surface area contributed by atoms with Crippen LogP contribution in [0.3, 0.4) is 0 Å². The zero-order chi connectivity index (χ0) is 12.8. The Morgan fingerprint density at radius 2 is 2.35 bits per heavy atom. The average molecular weight is 264 g/mol. The van der Waals surface area contributed by atoms with E-state index in [1.807, 2.05) is 6.26 Å². The average Bonchev–Trinajstić information content (AvgIpc) is 2.35. The van der Waals surface area contributed by atoms with E-state index in [9.17, 15) is 5.11 Å². The van der Waals surface area contributed by atoms with Crippen LogP contribution in [0.2, 0.25) is 0 Å². The van der Waals surface area contributed by atoms with Crippen LogP contribution in [0.1, 0.15) is 6.42 Å². The van der Waals surface area contributed by atoms with Crippen molar-refractivity contribution in [1.29, 1.82) is 0 Å². The van der Waals surface area contributed by atoms with Crippen molar-refractivity contribution < 1.29 is 19.8 Å². The summed E-state index contributed by atoms with van der Waals surface area (Å²) in [7, 11) is 3.34. The molecular weight excluding hydrogens is 244 g/mol. The molecule has 0 saturated carbocycles. The number of aliphatic imine (C=N–C) groups is 1. The van der Waals surface area contributed by atoms with Crippen molar-refractivity contribution in [2.24, 2.45) is 4.99 Å². The first-order valence-electron chi connectivity index (χ1n) is 5.42. The maximum absolute atomic E-state index is 9.71. The molecule has 0 aromatic rings. The minimum absolute atomic E-state index is 0.104. The van der Waals surface area contributed by atoms with Gasteiger partial charge in [-0.1, -0.05) is 11.8 Å². The minimum Gasteiger partial charge on any atom is -0.394 e. The molecule has 0 radical (unpaired) electrons. The number of aliphatic hydroxyl groups excluding tert-OH is 2. The molecule has 6 nitrogen and oxygen atoms in total. The van der Waals surface area contributed by atoms with E-state index in [2.05, 4.69) is 4.99 Å². The van der Waals surface area contributed by atoms with E-state index in [-0.39, 0.29) is 12.6 Å². The Labute approximate surface area is 106 Å². The van der Waals surface area contributed by atoms with Gasteiger partial charge in [-0.15, -0.1) is 0 Å². The molecule has 0 bridgehead atoms. The van der Waals surface area contributed by atoms with Gasteiger partial charge in [-0.05, 0) is 6.26 Å². The number of amidine groups is 1. The Morgan fingerprint density at radius 3 is 2.82 bits per heavy atom. The molecule has 0 aliphatic carbocycles. The highest BCUT2D eigenvalue weighted by molar-refractivity contribution is 8.13. The number of thioether (sulfide) groups is 1. The summed E-state index contributed by atoms with van der Waals surface area (Å²) >= 11 is 1.47. The fourth-order valence-electron chi connectivity index (χ4n) is 1.61. The van der Waals surface area contributed by atoms with Crippen LogP contribution in [0.4, 0.5) is 0 Å². The normalized spacial score (nSPS) is 30.4. The number of aliphatic hydroxyl groups is 2. The number of nitrogens with zero attached hydrogens (tertiary/aromatic N) is 2. The first kappa shape index (κ1) is 14.7. The van der Waals surface area contributed by atoms with Gasteiger partial charge in [-0.25, -0.2) is 5.06 Å². The number of hydroxylamine groups is 2. The van der Waals surface area contributed by atoms with Gasteiger partial charge < -0.3 is 14.9 Å². The molecule has 0 aromatic carbocycles. The van der Waals surface area contributed by atoms with Gasteiger partial charge in [0.1, 0.15) is 6.10 Å². The van der Waals surface area contributed by atoms with E-state index in [0.717, 1.165) is 5.17 Å². The highest BCUT2D eigenvalue weighted by Gasteiger charge is 2.29. The number of hydrogen-bond donors (Lipinski definition) is 2. The third kappa shape index (κ3) is 4.11. The second-order valence-corrected chi connectivity index (χ2v) is 4.58. The van der Waals surface area contributed by atoms with Crippen LogP contribution in [0.25, 0.3) is 0 Å². The van der Waals surface area contributed by atoms with E-state index in [0.29, 0.717) is 13.0 Å². The van der Waals surface area contributed by atoms with Gasteiger partial charge in [0.05, 0.1) is 32.5 Å². The highest BCUT2D eigenvalue weighted by atomic mass is 32.2. The van der Waals surface area contributed by atoms with Crippen LogP contribution >= 0.6 is 11.8 Å². The predicted molar refractivity (Wildman–Crippen MR) is 67.0 cm³/mol. The maximum Gasteiger partial charge on any atom is 0.183 e. The zero-order valence-corrected chi connectivity index (χ0v) is 11.2. The van der Waals surface area contributed by atoms with E-state index in [1.54, 1.807) is 19.2 Å². The quantitative estimate of drug-likeness (QED) is 0.414. The summed E-state index contributed by atoms with van der Waals surface area (Å²) in [5.41, 5.74) is 0. The first-order chi connectivity index (χ1) is 8.12. The monoisotopic (exact) mass is 264 g/mol. The SMILES string of the molecule is CON(C)C(=N[C@H]1COC(CO)[C@@H](O)C1)SC. The maximum atomic E-state index is 9.71. The molecule has 0 aromatic heterocycles. The second-order valence-electron chi connectivity index (χ2n) is 3.81. The fraction of sp³-hybridized carbons (Fsp3) is 0.900. The molecule has 1 fully saturated rings. The molecule has 7 heteroatoms. The molecule has 1 aliphatic rings. The number of hydrogen-bond acceptors (Lipinski definition) is 6. The van der Waals surface area contributed by atoms with E-state index in [1.165, 1.54) is 11.8 Å². The van der Waals surface area contributed by atoms with Crippen LogP contribution in [-0.2, 0) is 9.57 Å². The molecule has 17 heavy (non-hydrogen) atoms. The fourth-order valence-corrected chi connectivity index (χ4v) is 2.19. The van der Waals surface area contributed by atoms with E-state index < -0.39 is 12.2 Å². The molecule has 1 aliphatic heterocycles. The summed E-state index contributed by atoms with van der Waals surface area (Å²) in [4.78, 5) is 9.51. The molecule has 1 rings (SSSR count). The Bertz CT molecular complexity index is 265. The summed E-state index contributed by atoms with van der Waals surface area (Å²) in [6.07, 6.45) is 1.25. The molecule has 1 heterocycles. The number of ether oxygens (including phenoxy) is 1. The molecule has 3 atom stereocenters. The smallest absolute Gasteiger partial charge is 0.183 e. The molecule has 2 N–H and O–H groups in total. The molecule has 1 unspecified atom stereocenters. The van der Waals surface area contributed by atoms with Crippen molar-refractivity contribution in [2.75, 3.05) is 33.6 Å². The van der Waals surface area contributed by atoms with Crippen molar-refractivity contribution in [1.82, 2.24) is 5.06 Å². The van der Waals surface area contributed by atoms with Gasteiger partial charge in [0.15, 0.2) is 5.17 Å². The lowest BCUT2D eigenvalue weighted by atomic mass is 10.0. The molecule has 0 spiro atoms. The lowest BCUT2D eigenvalue weighted by molar-refractivity contribution is -0.101. The second kappa shape index (κ2) is 7.17. The third-order valence-corrected chi connectivity index (χ3v) is 3.37. The van der Waals surface area contributed by atoms with Crippen molar-refractivity contribution in [3.05, 3.63) is 0 Å². The summed E-state index contributed by atoms with van der Waals surface area (Å²) in [6.45, 7) is 0.245. The summed E-state index contributed by atoms with van der Waals surface area (Å²) < 4.78 is 5.34. The summed E-state index contributed by atoms with van der Waals surface area (Å²) in [5, 5.41) is 21.0. The van der Waals surface area contributed by atoms with Gasteiger partial charge in [0, 0.05) is 13.5 Å². The molecule has 1 saturated heterocycles. The minimum atomic E-state index is -0.668. The van der Waals surface area contributed by atoms with E-state index >= 15 is 0 Å². The molecule has 0 amide bonds. The lowest BCUT2D eigenvalue weighted by Crippen LogP contribution is -2.43.